The van der Waals surface area contributed by atoms with Gasteiger partial charge in [-0.2, -0.15) is 0 Å². The Bertz CT molecular complexity index is 2960. The lowest BCUT2D eigenvalue weighted by Crippen LogP contribution is -1.93. The van der Waals surface area contributed by atoms with Crippen molar-refractivity contribution in [1.82, 2.24) is 0 Å². The molecule has 0 heteroatoms. The Balaban J connectivity index is 1.56. The highest BCUT2D eigenvalue weighted by atomic mass is 14.2. The first-order chi connectivity index (χ1) is 25.7. The molecule has 9 aromatic rings. The standard InChI is InChI=1S/C46H30/c1-3-14-32(15-4-1)43-30-38(28-37-19-9-10-20-39(37)43)46-41-22-12-11-21-40(41)45(33-16-5-2-6-17-33)42-26-25-36(29-44(42)46)35-24-23-31-13-7-8-18-34(31)27-35/h1-30H/i11D,12D,21D,22D,25D,26D,29D. The molecule has 0 fully saturated rings. The Morgan fingerprint density at radius 2 is 0.913 bits per heavy atom. The molecule has 0 saturated carbocycles. The first kappa shape index (κ1) is 20.1. The number of benzene rings is 9. The maximum Gasteiger partial charge on any atom is 0.0636 e. The van der Waals surface area contributed by atoms with Crippen LogP contribution >= 0.6 is 0 Å². The Morgan fingerprint density at radius 1 is 0.326 bits per heavy atom. The van der Waals surface area contributed by atoms with Crippen molar-refractivity contribution in [3.05, 3.63) is 182 Å². The summed E-state index contributed by atoms with van der Waals surface area (Å²) in [6.45, 7) is 0. The molecule has 0 aliphatic carbocycles. The van der Waals surface area contributed by atoms with Gasteiger partial charge in [0.15, 0.2) is 0 Å². The summed E-state index contributed by atoms with van der Waals surface area (Å²) in [7, 11) is 0. The molecule has 214 valence electrons. The molecule has 0 radical (unpaired) electrons. The van der Waals surface area contributed by atoms with Gasteiger partial charge in [-0.05, 0) is 112 Å². The predicted molar refractivity (Wildman–Crippen MR) is 198 cm³/mol. The Hall–Kier alpha value is -5.98. The number of rotatable bonds is 4. The minimum absolute atomic E-state index is 0.0205. The molecule has 0 saturated heterocycles. The summed E-state index contributed by atoms with van der Waals surface area (Å²) < 4.78 is 65.8. The highest BCUT2D eigenvalue weighted by molar-refractivity contribution is 6.22. The summed E-state index contributed by atoms with van der Waals surface area (Å²) in [6.07, 6.45) is 0. The first-order valence-corrected chi connectivity index (χ1v) is 15.4. The molecule has 0 aliphatic heterocycles. The molecule has 46 heavy (non-hydrogen) atoms. The Kier molecular flexibility index (Phi) is 4.76. The largest absolute Gasteiger partial charge is 0.0636 e. The van der Waals surface area contributed by atoms with Crippen LogP contribution in [0.5, 0.6) is 0 Å². The number of fused-ring (bicyclic) bond motifs is 4. The molecule has 9 rings (SSSR count). The van der Waals surface area contributed by atoms with Crippen molar-refractivity contribution in [3.63, 3.8) is 0 Å². The second-order valence-electron chi connectivity index (χ2n) is 11.5. The molecule has 0 unspecified atom stereocenters. The molecule has 0 aliphatic rings. The van der Waals surface area contributed by atoms with Crippen LogP contribution in [0.3, 0.4) is 0 Å². The highest BCUT2D eigenvalue weighted by Crippen LogP contribution is 2.46. The molecule has 0 N–H and O–H groups in total. The lowest BCUT2D eigenvalue weighted by Gasteiger charge is -2.20. The Labute approximate surface area is 278 Å². The maximum absolute atomic E-state index is 10.1. The van der Waals surface area contributed by atoms with Crippen LogP contribution in [0.4, 0.5) is 0 Å². The smallest absolute Gasteiger partial charge is 0.0622 e. The SMILES string of the molecule is [2H]c1c([2H])c([2H])c2c(-c3cc(-c4ccccc4)c4ccccc4c3)c3c([2H])c(-c4ccc5ccccc5c4)c([2H])c([2H])c3c(-c3ccccc3)c2c1[2H]. The van der Waals surface area contributed by atoms with E-state index >= 15 is 0 Å². The summed E-state index contributed by atoms with van der Waals surface area (Å²) in [5, 5.41) is 5.07. The van der Waals surface area contributed by atoms with E-state index in [-0.39, 0.29) is 58.6 Å². The highest BCUT2D eigenvalue weighted by Gasteiger charge is 2.19. The van der Waals surface area contributed by atoms with Crippen molar-refractivity contribution in [2.45, 2.75) is 0 Å². The van der Waals surface area contributed by atoms with Gasteiger partial charge in [-0.15, -0.1) is 0 Å². The molecule has 0 atom stereocenters. The van der Waals surface area contributed by atoms with Crippen LogP contribution in [0.1, 0.15) is 9.60 Å². The van der Waals surface area contributed by atoms with E-state index in [1.165, 1.54) is 0 Å². The fraction of sp³-hybridized carbons (Fsp3) is 0. The molecule has 0 spiro atoms. The van der Waals surface area contributed by atoms with Gasteiger partial charge in [-0.25, -0.2) is 0 Å². The third-order valence-corrected chi connectivity index (χ3v) is 8.84. The van der Waals surface area contributed by atoms with Gasteiger partial charge in [0.2, 0.25) is 0 Å². The van der Waals surface area contributed by atoms with Crippen LogP contribution in [-0.2, 0) is 0 Å². The van der Waals surface area contributed by atoms with E-state index in [0.29, 0.717) is 38.6 Å². The van der Waals surface area contributed by atoms with E-state index in [2.05, 4.69) is 6.07 Å². The van der Waals surface area contributed by atoms with Crippen molar-refractivity contribution in [2.75, 3.05) is 0 Å². The summed E-state index contributed by atoms with van der Waals surface area (Å²) in [6, 6.07) is 43.6. The fourth-order valence-corrected chi connectivity index (χ4v) is 6.70. The van der Waals surface area contributed by atoms with Crippen molar-refractivity contribution >= 4 is 43.1 Å². The molecular formula is C46H30. The number of hydrogen-bond donors (Lipinski definition) is 0. The van der Waals surface area contributed by atoms with Gasteiger partial charge >= 0.3 is 0 Å². The van der Waals surface area contributed by atoms with Crippen LogP contribution in [-0.4, -0.2) is 0 Å². The monoisotopic (exact) mass is 589 g/mol. The Morgan fingerprint density at radius 3 is 1.67 bits per heavy atom. The summed E-state index contributed by atoms with van der Waals surface area (Å²) >= 11 is 0. The fourth-order valence-electron chi connectivity index (χ4n) is 6.70. The van der Waals surface area contributed by atoms with Gasteiger partial charge in [0.25, 0.3) is 0 Å². The predicted octanol–water partition coefficient (Wildman–Crippen LogP) is 13.0. The molecule has 0 aromatic heterocycles. The zero-order valence-electron chi connectivity index (χ0n) is 31.8. The minimum atomic E-state index is -0.384. The molecule has 0 bridgehead atoms. The van der Waals surface area contributed by atoms with Crippen LogP contribution in [0.2, 0.25) is 0 Å². The zero-order chi connectivity index (χ0) is 36.5. The van der Waals surface area contributed by atoms with Gasteiger partial charge in [0.05, 0.1) is 9.60 Å². The topological polar surface area (TPSA) is 0 Å². The van der Waals surface area contributed by atoms with Gasteiger partial charge in [0.1, 0.15) is 0 Å². The minimum Gasteiger partial charge on any atom is -0.0622 e. The summed E-state index contributed by atoms with van der Waals surface area (Å²) in [5.74, 6) is 0. The van der Waals surface area contributed by atoms with Crippen LogP contribution in [0.25, 0.3) is 87.6 Å². The van der Waals surface area contributed by atoms with Gasteiger partial charge in [0, 0.05) is 0 Å². The second kappa shape index (κ2) is 10.9. The average molecular weight is 590 g/mol. The van der Waals surface area contributed by atoms with E-state index in [4.69, 9.17) is 2.74 Å². The summed E-state index contributed by atoms with van der Waals surface area (Å²) in [5.41, 5.74) is 4.94. The van der Waals surface area contributed by atoms with Crippen LogP contribution in [0, 0.1) is 0 Å². The van der Waals surface area contributed by atoms with E-state index < -0.39 is 0 Å². The van der Waals surface area contributed by atoms with Crippen LogP contribution < -0.4 is 0 Å². The molecule has 9 aromatic carbocycles. The maximum atomic E-state index is 10.1. The lowest BCUT2D eigenvalue weighted by atomic mass is 9.83. The van der Waals surface area contributed by atoms with E-state index in [9.17, 15) is 6.85 Å². The van der Waals surface area contributed by atoms with E-state index in [1.54, 1.807) is 0 Å². The van der Waals surface area contributed by atoms with Crippen molar-refractivity contribution in [2.24, 2.45) is 0 Å². The zero-order valence-corrected chi connectivity index (χ0v) is 24.8. The first-order valence-electron chi connectivity index (χ1n) is 18.9. The quantitative estimate of drug-likeness (QED) is 0.179. The molecule has 0 amide bonds. The second-order valence-corrected chi connectivity index (χ2v) is 11.5. The van der Waals surface area contributed by atoms with Gasteiger partial charge < -0.3 is 0 Å². The molecular weight excluding hydrogens is 553 g/mol. The molecule has 0 heterocycles. The third-order valence-electron chi connectivity index (χ3n) is 8.84. The van der Waals surface area contributed by atoms with Crippen molar-refractivity contribution in [1.29, 1.82) is 0 Å². The molecule has 0 nitrogen and oxygen atoms in total. The number of hydrogen-bond acceptors (Lipinski definition) is 0. The van der Waals surface area contributed by atoms with Gasteiger partial charge in [-0.1, -0.05) is 158 Å². The van der Waals surface area contributed by atoms with Gasteiger partial charge in [-0.3, -0.25) is 0 Å². The van der Waals surface area contributed by atoms with Crippen molar-refractivity contribution < 1.29 is 9.60 Å². The normalized spacial score (nSPS) is 13.6. The van der Waals surface area contributed by atoms with Crippen LogP contribution in [0.15, 0.2) is 182 Å². The third kappa shape index (κ3) is 4.38. The lowest BCUT2D eigenvalue weighted by molar-refractivity contribution is 1.63. The average Bonchev–Trinajstić information content (AvgIpc) is 3.20. The van der Waals surface area contributed by atoms with E-state index in [0.717, 1.165) is 32.7 Å². The summed E-state index contributed by atoms with van der Waals surface area (Å²) in [4.78, 5) is 0. The van der Waals surface area contributed by atoms with Crippen molar-refractivity contribution in [3.8, 4) is 44.5 Å². The van der Waals surface area contributed by atoms with E-state index in [1.807, 2.05) is 133 Å².